The molecule has 0 fully saturated rings. The summed E-state index contributed by atoms with van der Waals surface area (Å²) < 4.78 is 62.7. The summed E-state index contributed by atoms with van der Waals surface area (Å²) >= 11 is 3.29. The van der Waals surface area contributed by atoms with E-state index in [4.69, 9.17) is 0 Å². The van der Waals surface area contributed by atoms with Crippen molar-refractivity contribution in [3.63, 3.8) is 0 Å². The molecule has 0 bridgehead atoms. The fourth-order valence-electron chi connectivity index (χ4n) is 3.19. The fraction of sp³-hybridized carbons (Fsp3) is 0.182. The number of aromatic nitrogens is 1. The van der Waals surface area contributed by atoms with Gasteiger partial charge in [0, 0.05) is 22.4 Å². The van der Waals surface area contributed by atoms with Gasteiger partial charge in [-0.15, -0.1) is 0 Å². The Labute approximate surface area is 197 Å². The summed E-state index contributed by atoms with van der Waals surface area (Å²) in [7, 11) is -2.59. The molecule has 11 heteroatoms. The maximum atomic E-state index is 13.1. The minimum Gasteiger partial charge on any atom is -0.348 e. The number of aryl methyl sites for hydroxylation is 1. The van der Waals surface area contributed by atoms with Crippen LogP contribution in [-0.4, -0.2) is 18.9 Å². The summed E-state index contributed by atoms with van der Waals surface area (Å²) in [6, 6.07) is 12.0. The number of halogens is 4. The molecule has 2 aromatic carbocycles. The third kappa shape index (κ3) is 5.91. The van der Waals surface area contributed by atoms with Gasteiger partial charge in [0.15, 0.2) is 0 Å². The fourth-order valence-corrected chi connectivity index (χ4v) is 4.53. The molecule has 1 N–H and O–H groups in total. The Bertz CT molecular complexity index is 1340. The van der Waals surface area contributed by atoms with Gasteiger partial charge in [-0.25, -0.2) is 8.42 Å². The molecule has 1 aromatic heterocycles. The van der Waals surface area contributed by atoms with Gasteiger partial charge in [0.05, 0.1) is 11.3 Å². The van der Waals surface area contributed by atoms with Gasteiger partial charge in [-0.1, -0.05) is 34.1 Å². The average Bonchev–Trinajstić information content (AvgIpc) is 2.73. The third-order valence-corrected chi connectivity index (χ3v) is 6.16. The zero-order valence-corrected chi connectivity index (χ0v) is 19.6. The highest BCUT2D eigenvalue weighted by Gasteiger charge is 2.30. The van der Waals surface area contributed by atoms with E-state index in [1.54, 1.807) is 25.1 Å². The lowest BCUT2D eigenvalue weighted by molar-refractivity contribution is -0.137. The minimum absolute atomic E-state index is 0.00167. The topological polar surface area (TPSA) is 85.2 Å². The van der Waals surface area contributed by atoms with Gasteiger partial charge < -0.3 is 5.32 Å². The van der Waals surface area contributed by atoms with E-state index in [1.165, 1.54) is 24.3 Å². The molecule has 3 aromatic rings. The lowest BCUT2D eigenvalue weighted by atomic mass is 10.1. The maximum absolute atomic E-state index is 13.1. The smallest absolute Gasteiger partial charge is 0.348 e. The molecule has 6 nitrogen and oxygen atoms in total. The average molecular weight is 543 g/mol. The van der Waals surface area contributed by atoms with Gasteiger partial charge >= 0.3 is 6.18 Å². The molecular formula is C22H18BrF3N2O4S. The Balaban J connectivity index is 1.86. The van der Waals surface area contributed by atoms with Gasteiger partial charge in [0.2, 0.25) is 0 Å². The molecule has 0 saturated carbocycles. The van der Waals surface area contributed by atoms with Gasteiger partial charge in [0.25, 0.3) is 11.5 Å². The van der Waals surface area contributed by atoms with Crippen molar-refractivity contribution in [1.29, 1.82) is 0 Å². The molecule has 0 unspecified atom stereocenters. The summed E-state index contributed by atoms with van der Waals surface area (Å²) in [6.45, 7) is 1.61. The maximum Gasteiger partial charge on any atom is 0.416 e. The number of hydrogen-bond donors (Lipinski definition) is 2. The highest BCUT2D eigenvalue weighted by atomic mass is 79.9. The van der Waals surface area contributed by atoms with Crippen LogP contribution in [0.4, 0.5) is 13.2 Å². The van der Waals surface area contributed by atoms with E-state index in [9.17, 15) is 31.2 Å². The van der Waals surface area contributed by atoms with Crippen LogP contribution in [-0.2, 0) is 29.2 Å². The molecule has 0 saturated heterocycles. The zero-order chi connectivity index (χ0) is 24.3. The first-order chi connectivity index (χ1) is 15.5. The molecule has 1 heterocycles. The Morgan fingerprint density at radius 1 is 1.09 bits per heavy atom. The van der Waals surface area contributed by atoms with Crippen molar-refractivity contribution >= 4 is 32.5 Å². The SMILES string of the molecule is Cc1ccc(C(=O)NCc2ccc(C[SH](=O)=O)c(Br)c2)c(=O)n1-c1cccc(C(F)(F)F)c1. The van der Waals surface area contributed by atoms with Gasteiger partial charge in [-0.2, -0.15) is 13.2 Å². The Kier molecular flexibility index (Phi) is 7.43. The Morgan fingerprint density at radius 3 is 2.45 bits per heavy atom. The number of nitrogens with zero attached hydrogens (tertiary/aromatic N) is 1. The molecule has 0 aliphatic rings. The van der Waals surface area contributed by atoms with Crippen molar-refractivity contribution < 1.29 is 26.4 Å². The summed E-state index contributed by atoms with van der Waals surface area (Å²) in [5.74, 6) is -0.815. The van der Waals surface area contributed by atoms with E-state index in [2.05, 4.69) is 21.2 Å². The minimum atomic E-state index is -4.57. The Morgan fingerprint density at radius 2 is 1.82 bits per heavy atom. The molecule has 3 rings (SSSR count). The summed E-state index contributed by atoms with van der Waals surface area (Å²) in [5.41, 5.74) is -0.282. The summed E-state index contributed by atoms with van der Waals surface area (Å²) in [4.78, 5) is 25.6. The molecule has 1 amide bonds. The van der Waals surface area contributed by atoms with Gasteiger partial charge in [0.1, 0.15) is 16.3 Å². The molecule has 0 aliphatic carbocycles. The molecule has 33 heavy (non-hydrogen) atoms. The number of thiol groups is 1. The van der Waals surface area contributed by atoms with Crippen LogP contribution in [0.3, 0.4) is 0 Å². The van der Waals surface area contributed by atoms with Crippen LogP contribution < -0.4 is 10.9 Å². The third-order valence-electron chi connectivity index (χ3n) is 4.82. The number of rotatable bonds is 6. The van der Waals surface area contributed by atoms with Crippen LogP contribution in [0.25, 0.3) is 5.69 Å². The number of carbonyl (C=O) groups excluding carboxylic acids is 1. The van der Waals surface area contributed by atoms with Gasteiger partial charge in [-0.05, 0) is 54.4 Å². The Hall–Kier alpha value is -2.92. The second-order valence-electron chi connectivity index (χ2n) is 7.18. The number of benzene rings is 2. The highest BCUT2D eigenvalue weighted by molar-refractivity contribution is 9.10. The first kappa shape index (κ1) is 24.7. The van der Waals surface area contributed by atoms with Crippen molar-refractivity contribution in [1.82, 2.24) is 9.88 Å². The van der Waals surface area contributed by atoms with Crippen LogP contribution in [0.2, 0.25) is 0 Å². The zero-order valence-electron chi connectivity index (χ0n) is 17.1. The molecule has 0 aliphatic heterocycles. The van der Waals surface area contributed by atoms with Crippen molar-refractivity contribution in [2.45, 2.75) is 25.4 Å². The second kappa shape index (κ2) is 9.92. The predicted octanol–water partition coefficient (Wildman–Crippen LogP) is 3.97. The van der Waals surface area contributed by atoms with E-state index in [1.807, 2.05) is 0 Å². The quantitative estimate of drug-likeness (QED) is 0.461. The number of nitrogens with one attached hydrogen (secondary N) is 1. The number of hydrogen-bond acceptors (Lipinski definition) is 4. The van der Waals surface area contributed by atoms with Gasteiger partial charge in [-0.3, -0.25) is 14.2 Å². The van der Waals surface area contributed by atoms with Crippen LogP contribution in [0, 0.1) is 6.92 Å². The predicted molar refractivity (Wildman–Crippen MR) is 121 cm³/mol. The van der Waals surface area contributed by atoms with E-state index < -0.39 is 33.9 Å². The van der Waals surface area contributed by atoms with Crippen molar-refractivity contribution in [3.8, 4) is 5.69 Å². The van der Waals surface area contributed by atoms with Crippen molar-refractivity contribution in [2.24, 2.45) is 0 Å². The lowest BCUT2D eigenvalue weighted by Gasteiger charge is -2.14. The number of amides is 1. The van der Waals surface area contributed by atoms with E-state index in [0.29, 0.717) is 21.3 Å². The standard InChI is InChI=1S/C22H18BrF3N2O4S/c1-13-5-8-18(21(30)28(13)17-4-2-3-16(10-17)22(24,25)26)20(29)27-11-14-6-7-15(12-33(31)32)19(23)9-14/h2-10,33H,11-12H2,1H3,(H,27,29). The molecular weight excluding hydrogens is 525 g/mol. The van der Waals surface area contributed by atoms with Crippen LogP contribution in [0.15, 0.2) is 63.9 Å². The van der Waals surface area contributed by atoms with E-state index in [-0.39, 0.29) is 23.5 Å². The summed E-state index contributed by atoms with van der Waals surface area (Å²) in [6.07, 6.45) is -4.57. The lowest BCUT2D eigenvalue weighted by Crippen LogP contribution is -2.33. The van der Waals surface area contributed by atoms with Crippen LogP contribution in [0.1, 0.15) is 32.7 Å². The molecule has 174 valence electrons. The molecule has 0 spiro atoms. The number of alkyl halides is 3. The highest BCUT2D eigenvalue weighted by Crippen LogP contribution is 2.30. The summed E-state index contributed by atoms with van der Waals surface area (Å²) in [5, 5.41) is 2.60. The van der Waals surface area contributed by atoms with Crippen molar-refractivity contribution in [3.05, 3.63) is 97.4 Å². The molecule has 0 radical (unpaired) electrons. The van der Waals surface area contributed by atoms with Crippen molar-refractivity contribution in [2.75, 3.05) is 0 Å². The second-order valence-corrected chi connectivity index (χ2v) is 9.01. The molecule has 0 atom stereocenters. The number of carbonyl (C=O) groups is 1. The first-order valence-electron chi connectivity index (χ1n) is 9.55. The first-order valence-corrected chi connectivity index (χ1v) is 11.7. The van der Waals surface area contributed by atoms with E-state index >= 15 is 0 Å². The van der Waals surface area contributed by atoms with Crippen LogP contribution in [0.5, 0.6) is 0 Å². The van der Waals surface area contributed by atoms with E-state index in [0.717, 1.165) is 16.7 Å². The monoisotopic (exact) mass is 542 g/mol. The largest absolute Gasteiger partial charge is 0.416 e. The van der Waals surface area contributed by atoms with Crippen LogP contribution >= 0.6 is 15.9 Å². The number of pyridine rings is 1. The normalized spacial score (nSPS) is 11.6.